The van der Waals surface area contributed by atoms with E-state index in [9.17, 15) is 9.59 Å². The van der Waals surface area contributed by atoms with Crippen molar-refractivity contribution in [1.82, 2.24) is 0 Å². The first kappa shape index (κ1) is 15.4. The number of hydrogen-bond acceptors (Lipinski definition) is 3. The summed E-state index contributed by atoms with van der Waals surface area (Å²) in [6.45, 7) is 2.03. The van der Waals surface area contributed by atoms with Crippen LogP contribution in [-0.4, -0.2) is 11.8 Å². The Kier molecular flexibility index (Phi) is 3.29. The highest BCUT2D eigenvalue weighted by atomic mass is 16.5. The molecule has 0 N–H and O–H groups in total. The van der Waals surface area contributed by atoms with Crippen molar-refractivity contribution in [3.05, 3.63) is 66.2 Å². The molecule has 4 heteroatoms. The van der Waals surface area contributed by atoms with Gasteiger partial charge in [-0.1, -0.05) is 29.8 Å². The summed E-state index contributed by atoms with van der Waals surface area (Å²) in [6, 6.07) is 15.0. The van der Waals surface area contributed by atoms with Crippen LogP contribution >= 0.6 is 0 Å². The zero-order valence-electron chi connectivity index (χ0n) is 14.5. The molecule has 2 aromatic carbocycles. The molecule has 0 aromatic heterocycles. The van der Waals surface area contributed by atoms with Gasteiger partial charge in [0.05, 0.1) is 17.5 Å². The van der Waals surface area contributed by atoms with E-state index in [1.807, 2.05) is 31.2 Å². The Morgan fingerprint density at radius 2 is 1.31 bits per heavy atom. The number of amides is 2. The summed E-state index contributed by atoms with van der Waals surface area (Å²) in [6.07, 6.45) is 5.17. The summed E-state index contributed by atoms with van der Waals surface area (Å²) >= 11 is 0. The highest BCUT2D eigenvalue weighted by Gasteiger charge is 2.59. The molecule has 4 nitrogen and oxygen atoms in total. The second-order valence-corrected chi connectivity index (χ2v) is 7.42. The molecule has 2 amide bonds. The van der Waals surface area contributed by atoms with Crippen molar-refractivity contribution in [3.8, 4) is 11.5 Å². The minimum Gasteiger partial charge on any atom is -0.457 e. The van der Waals surface area contributed by atoms with Crippen LogP contribution in [0.3, 0.4) is 0 Å². The van der Waals surface area contributed by atoms with Crippen LogP contribution in [0.5, 0.6) is 11.5 Å². The quantitative estimate of drug-likeness (QED) is 0.621. The lowest BCUT2D eigenvalue weighted by molar-refractivity contribution is -0.123. The van der Waals surface area contributed by atoms with Crippen molar-refractivity contribution < 1.29 is 14.3 Å². The lowest BCUT2D eigenvalue weighted by atomic mass is 9.85. The van der Waals surface area contributed by atoms with Crippen molar-refractivity contribution >= 4 is 17.5 Å². The Balaban J connectivity index is 1.37. The van der Waals surface area contributed by atoms with Gasteiger partial charge >= 0.3 is 0 Å². The number of fused-ring (bicyclic) bond motifs is 5. The van der Waals surface area contributed by atoms with Crippen LogP contribution in [0.25, 0.3) is 0 Å². The van der Waals surface area contributed by atoms with Gasteiger partial charge in [0.1, 0.15) is 11.5 Å². The minimum atomic E-state index is -0.166. The molecule has 2 aliphatic carbocycles. The largest absolute Gasteiger partial charge is 0.457 e. The molecule has 26 heavy (non-hydrogen) atoms. The highest BCUT2D eigenvalue weighted by Crippen LogP contribution is 2.53. The Labute approximate surface area is 152 Å². The fraction of sp³-hybridized carbons (Fsp3) is 0.273. The van der Waals surface area contributed by atoms with Crippen LogP contribution in [-0.2, 0) is 9.59 Å². The lowest BCUT2D eigenvalue weighted by Gasteiger charge is -2.17. The Bertz CT molecular complexity index is 883. The third-order valence-corrected chi connectivity index (χ3v) is 5.82. The first-order valence-electron chi connectivity index (χ1n) is 9.02. The molecule has 1 saturated heterocycles. The molecule has 1 saturated carbocycles. The van der Waals surface area contributed by atoms with Gasteiger partial charge in [0.15, 0.2) is 0 Å². The third-order valence-electron chi connectivity index (χ3n) is 5.82. The number of anilines is 1. The molecule has 2 aromatic rings. The van der Waals surface area contributed by atoms with Crippen LogP contribution in [0.4, 0.5) is 5.69 Å². The van der Waals surface area contributed by atoms with Crippen molar-refractivity contribution in [2.75, 3.05) is 4.90 Å². The Morgan fingerprint density at radius 1 is 0.808 bits per heavy atom. The SMILES string of the molecule is Cc1ccc(Oc2ccc(N3C(=O)[C@@H]4[C@H](C3=O)[C@@H]3C=C[C@H]4C3)cc2)cc1. The van der Waals surface area contributed by atoms with Gasteiger partial charge in [0.2, 0.25) is 11.8 Å². The summed E-state index contributed by atoms with van der Waals surface area (Å²) in [4.78, 5) is 27.0. The molecule has 4 atom stereocenters. The predicted molar refractivity (Wildman–Crippen MR) is 97.9 cm³/mol. The Morgan fingerprint density at radius 3 is 1.85 bits per heavy atom. The van der Waals surface area contributed by atoms with E-state index in [0.29, 0.717) is 11.4 Å². The zero-order valence-corrected chi connectivity index (χ0v) is 14.5. The second-order valence-electron chi connectivity index (χ2n) is 7.42. The average molecular weight is 345 g/mol. The number of carbonyl (C=O) groups excluding carboxylic acids is 2. The molecule has 0 radical (unpaired) electrons. The van der Waals surface area contributed by atoms with Crippen LogP contribution in [0.2, 0.25) is 0 Å². The zero-order chi connectivity index (χ0) is 17.8. The molecular weight excluding hydrogens is 326 g/mol. The molecule has 1 aliphatic heterocycles. The van der Waals surface area contributed by atoms with Gasteiger partial charge in [-0.25, -0.2) is 0 Å². The molecule has 1 heterocycles. The first-order chi connectivity index (χ1) is 12.6. The summed E-state index contributed by atoms with van der Waals surface area (Å²) < 4.78 is 5.82. The average Bonchev–Trinajstić information content (AvgIpc) is 3.32. The number of rotatable bonds is 3. The number of benzene rings is 2. The van der Waals surface area contributed by atoms with Crippen LogP contribution < -0.4 is 9.64 Å². The summed E-state index contributed by atoms with van der Waals surface area (Å²) in [5.74, 6) is 1.47. The molecule has 3 aliphatic rings. The van der Waals surface area contributed by atoms with Crippen LogP contribution in [0, 0.1) is 30.6 Å². The van der Waals surface area contributed by atoms with Gasteiger partial charge in [-0.2, -0.15) is 0 Å². The number of ether oxygens (including phenoxy) is 1. The molecule has 130 valence electrons. The van der Waals surface area contributed by atoms with Gasteiger partial charge in [-0.3, -0.25) is 14.5 Å². The fourth-order valence-electron chi connectivity index (χ4n) is 4.56. The predicted octanol–water partition coefficient (Wildman–Crippen LogP) is 4.10. The molecule has 0 unspecified atom stereocenters. The topological polar surface area (TPSA) is 46.6 Å². The maximum absolute atomic E-state index is 12.8. The minimum absolute atomic E-state index is 0.0518. The molecule has 2 fully saturated rings. The van der Waals surface area contributed by atoms with Crippen molar-refractivity contribution in [3.63, 3.8) is 0 Å². The smallest absolute Gasteiger partial charge is 0.238 e. The summed E-state index contributed by atoms with van der Waals surface area (Å²) in [5, 5.41) is 0. The van der Waals surface area contributed by atoms with E-state index in [4.69, 9.17) is 4.74 Å². The third kappa shape index (κ3) is 2.22. The van der Waals surface area contributed by atoms with Crippen molar-refractivity contribution in [2.45, 2.75) is 13.3 Å². The number of allylic oxidation sites excluding steroid dienone is 2. The molecule has 2 bridgehead atoms. The number of carbonyl (C=O) groups is 2. The van der Waals surface area contributed by atoms with Crippen LogP contribution in [0.1, 0.15) is 12.0 Å². The van der Waals surface area contributed by atoms with E-state index in [1.54, 1.807) is 24.3 Å². The molecule has 5 rings (SSSR count). The number of aryl methyl sites for hydroxylation is 1. The van der Waals surface area contributed by atoms with E-state index in [0.717, 1.165) is 12.2 Å². The van der Waals surface area contributed by atoms with E-state index in [1.165, 1.54) is 10.5 Å². The normalized spacial score (nSPS) is 28.7. The summed E-state index contributed by atoms with van der Waals surface area (Å²) in [5.41, 5.74) is 1.80. The van der Waals surface area contributed by atoms with Crippen LogP contribution in [0.15, 0.2) is 60.7 Å². The lowest BCUT2D eigenvalue weighted by Crippen LogP contribution is -2.32. The number of nitrogens with zero attached hydrogens (tertiary/aromatic N) is 1. The molecular formula is C22H19NO3. The monoisotopic (exact) mass is 345 g/mol. The van der Waals surface area contributed by atoms with Crippen molar-refractivity contribution in [1.29, 1.82) is 0 Å². The standard InChI is InChI=1S/C22H19NO3/c1-13-2-8-17(9-3-13)26-18-10-6-16(7-11-18)23-21(24)19-14-4-5-15(12-14)20(19)22(23)25/h2-11,14-15,19-20H,12H2,1H3/t14-,15+,19-,20+. The van der Waals surface area contributed by atoms with Gasteiger partial charge in [0, 0.05) is 0 Å². The molecule has 0 spiro atoms. The van der Waals surface area contributed by atoms with E-state index < -0.39 is 0 Å². The summed E-state index contributed by atoms with van der Waals surface area (Å²) in [7, 11) is 0. The maximum Gasteiger partial charge on any atom is 0.238 e. The van der Waals surface area contributed by atoms with Gasteiger partial charge in [0.25, 0.3) is 0 Å². The Hall–Kier alpha value is -2.88. The first-order valence-corrected chi connectivity index (χ1v) is 9.02. The van der Waals surface area contributed by atoms with E-state index in [2.05, 4.69) is 12.2 Å². The number of imide groups is 1. The number of hydrogen-bond donors (Lipinski definition) is 0. The van der Waals surface area contributed by atoms with E-state index >= 15 is 0 Å². The van der Waals surface area contributed by atoms with Crippen molar-refractivity contribution in [2.24, 2.45) is 23.7 Å². The second kappa shape index (κ2) is 5.56. The van der Waals surface area contributed by atoms with Gasteiger partial charge < -0.3 is 4.74 Å². The van der Waals surface area contributed by atoms with Gasteiger partial charge in [-0.15, -0.1) is 0 Å². The highest BCUT2D eigenvalue weighted by molar-refractivity contribution is 6.22. The van der Waals surface area contributed by atoms with E-state index in [-0.39, 0.29) is 35.5 Å². The maximum atomic E-state index is 12.8. The fourth-order valence-corrected chi connectivity index (χ4v) is 4.56. The van der Waals surface area contributed by atoms with Gasteiger partial charge in [-0.05, 0) is 61.6 Å².